The van der Waals surface area contributed by atoms with Crippen molar-refractivity contribution < 1.29 is 9.47 Å². The molecule has 2 rings (SSSR count). The van der Waals surface area contributed by atoms with E-state index in [4.69, 9.17) is 14.5 Å². The fraction of sp³-hybridized carbons (Fsp3) is 0.737. The molecule has 1 aliphatic rings. The lowest BCUT2D eigenvalue weighted by Gasteiger charge is -2.22. The smallest absolute Gasteiger partial charge is 0.193 e. The quantitative estimate of drug-likeness (QED) is 0.392. The number of nitrogens with one attached hydrogen (secondary N) is 1. The van der Waals surface area contributed by atoms with Gasteiger partial charge in [-0.3, -0.25) is 4.99 Å². The Balaban J connectivity index is 1.78. The Kier molecular flexibility index (Phi) is 9.29. The van der Waals surface area contributed by atoms with Gasteiger partial charge in [-0.15, -0.1) is 11.3 Å². The maximum Gasteiger partial charge on any atom is 0.193 e. The summed E-state index contributed by atoms with van der Waals surface area (Å²) in [6, 6.07) is 4.34. The van der Waals surface area contributed by atoms with Gasteiger partial charge in [0, 0.05) is 44.1 Å². The third-order valence-electron chi connectivity index (χ3n) is 4.39. The molecule has 0 bridgehead atoms. The normalized spacial score (nSPS) is 19.4. The number of hydrogen-bond donors (Lipinski definition) is 1. The zero-order valence-electron chi connectivity index (χ0n) is 15.9. The van der Waals surface area contributed by atoms with E-state index in [1.165, 1.54) is 11.3 Å². The van der Waals surface area contributed by atoms with E-state index >= 15 is 0 Å². The molecule has 0 saturated carbocycles. The summed E-state index contributed by atoms with van der Waals surface area (Å²) >= 11 is 1.84. The van der Waals surface area contributed by atoms with Gasteiger partial charge in [0.1, 0.15) is 0 Å². The first kappa shape index (κ1) is 20.2. The van der Waals surface area contributed by atoms with Crippen LogP contribution in [0.5, 0.6) is 0 Å². The summed E-state index contributed by atoms with van der Waals surface area (Å²) in [5.74, 6) is 2.20. The van der Waals surface area contributed by atoms with Crippen LogP contribution in [0.25, 0.3) is 0 Å². The minimum atomic E-state index is 0.558. The van der Waals surface area contributed by atoms with Crippen molar-refractivity contribution in [2.45, 2.75) is 26.7 Å². The molecule has 1 aliphatic heterocycles. The van der Waals surface area contributed by atoms with E-state index in [9.17, 15) is 0 Å². The largest absolute Gasteiger partial charge is 0.382 e. The van der Waals surface area contributed by atoms with Gasteiger partial charge in [0.25, 0.3) is 0 Å². The van der Waals surface area contributed by atoms with Crippen molar-refractivity contribution in [3.63, 3.8) is 0 Å². The number of likely N-dealkylation sites (tertiary alicyclic amines) is 1. The van der Waals surface area contributed by atoms with Gasteiger partial charge in [-0.1, -0.05) is 13.0 Å². The number of ether oxygens (including phenoxy) is 2. The van der Waals surface area contributed by atoms with Crippen LogP contribution in [0.15, 0.2) is 22.5 Å². The molecule has 6 heteroatoms. The number of methoxy groups -OCH3 is 1. The number of thiophene rings is 1. The van der Waals surface area contributed by atoms with Crippen LogP contribution in [-0.2, 0) is 15.9 Å². The van der Waals surface area contributed by atoms with Crippen LogP contribution in [0.2, 0.25) is 0 Å². The van der Waals surface area contributed by atoms with Crippen LogP contribution in [0.4, 0.5) is 0 Å². The molecule has 0 aromatic carbocycles. The third kappa shape index (κ3) is 7.34. The zero-order chi connectivity index (χ0) is 17.9. The summed E-state index contributed by atoms with van der Waals surface area (Å²) in [6.45, 7) is 10.4. The summed E-state index contributed by atoms with van der Waals surface area (Å²) in [5, 5.41) is 5.60. The first-order chi connectivity index (χ1) is 12.2. The predicted molar refractivity (Wildman–Crippen MR) is 106 cm³/mol. The highest BCUT2D eigenvalue weighted by atomic mass is 32.1. The van der Waals surface area contributed by atoms with E-state index in [2.05, 4.69) is 41.6 Å². The predicted octanol–water partition coefficient (Wildman–Crippen LogP) is 2.88. The van der Waals surface area contributed by atoms with E-state index in [0.717, 1.165) is 45.2 Å². The number of hydrogen-bond acceptors (Lipinski definition) is 4. The molecule has 1 aromatic heterocycles. The number of nitrogens with zero attached hydrogens (tertiary/aromatic N) is 2. The van der Waals surface area contributed by atoms with Gasteiger partial charge >= 0.3 is 0 Å². The maximum absolute atomic E-state index is 5.69. The lowest BCUT2D eigenvalue weighted by molar-refractivity contribution is 0.0536. The molecular formula is C19H33N3O2S. The van der Waals surface area contributed by atoms with Crippen molar-refractivity contribution in [2.24, 2.45) is 16.8 Å². The summed E-state index contributed by atoms with van der Waals surface area (Å²) in [6.07, 6.45) is 2.28. The molecule has 142 valence electrons. The van der Waals surface area contributed by atoms with Crippen LogP contribution >= 0.6 is 11.3 Å². The van der Waals surface area contributed by atoms with Crippen molar-refractivity contribution in [3.8, 4) is 0 Å². The summed E-state index contributed by atoms with van der Waals surface area (Å²) in [5.41, 5.74) is 0. The molecule has 0 amide bonds. The first-order valence-corrected chi connectivity index (χ1v) is 10.2. The summed E-state index contributed by atoms with van der Waals surface area (Å²) in [7, 11) is 1.71. The van der Waals surface area contributed by atoms with Crippen molar-refractivity contribution in [2.75, 3.05) is 53.1 Å². The van der Waals surface area contributed by atoms with Gasteiger partial charge in [0.15, 0.2) is 5.96 Å². The third-order valence-corrected chi connectivity index (χ3v) is 5.29. The van der Waals surface area contributed by atoms with E-state index in [-0.39, 0.29) is 0 Å². The molecular weight excluding hydrogens is 334 g/mol. The Bertz CT molecular complexity index is 493. The highest BCUT2D eigenvalue weighted by Gasteiger charge is 2.25. The topological polar surface area (TPSA) is 46.1 Å². The van der Waals surface area contributed by atoms with Crippen LogP contribution in [-0.4, -0.2) is 64.0 Å². The minimum absolute atomic E-state index is 0.558. The van der Waals surface area contributed by atoms with Gasteiger partial charge < -0.3 is 19.7 Å². The highest BCUT2D eigenvalue weighted by molar-refractivity contribution is 7.09. The summed E-state index contributed by atoms with van der Waals surface area (Å²) in [4.78, 5) is 8.72. The standard InChI is InChI=1S/C19H33N3O2S/c1-4-20-19(21-13-16(2)12-18-6-5-11-25-18)22-8-7-17(14-22)15-24-10-9-23-3/h5-6,11,16-17H,4,7-10,12-15H2,1-3H3,(H,20,21). The molecule has 25 heavy (non-hydrogen) atoms. The van der Waals surface area contributed by atoms with Gasteiger partial charge in [0.2, 0.25) is 0 Å². The SMILES string of the molecule is CCNC(=NCC(C)Cc1cccs1)N1CCC(COCCOC)C1. The van der Waals surface area contributed by atoms with Crippen LogP contribution in [0, 0.1) is 11.8 Å². The highest BCUT2D eigenvalue weighted by Crippen LogP contribution is 2.18. The molecule has 1 fully saturated rings. The molecule has 0 spiro atoms. The second-order valence-corrected chi connectivity index (χ2v) is 7.78. The maximum atomic E-state index is 5.69. The molecule has 0 radical (unpaired) electrons. The Labute approximate surface area is 156 Å². The van der Waals surface area contributed by atoms with E-state index in [0.29, 0.717) is 25.0 Å². The molecule has 0 aliphatic carbocycles. The van der Waals surface area contributed by atoms with Gasteiger partial charge in [-0.25, -0.2) is 0 Å². The van der Waals surface area contributed by atoms with E-state index < -0.39 is 0 Å². The second kappa shape index (κ2) is 11.5. The van der Waals surface area contributed by atoms with Crippen LogP contribution in [0.1, 0.15) is 25.1 Å². The molecule has 2 heterocycles. The zero-order valence-corrected chi connectivity index (χ0v) is 16.7. The Hall–Kier alpha value is -1.11. The van der Waals surface area contributed by atoms with Crippen molar-refractivity contribution in [3.05, 3.63) is 22.4 Å². The lowest BCUT2D eigenvalue weighted by atomic mass is 10.1. The molecule has 2 atom stereocenters. The van der Waals surface area contributed by atoms with Gasteiger partial charge in [-0.2, -0.15) is 0 Å². The van der Waals surface area contributed by atoms with E-state index in [1.54, 1.807) is 7.11 Å². The second-order valence-electron chi connectivity index (χ2n) is 6.75. The monoisotopic (exact) mass is 367 g/mol. The molecule has 2 unspecified atom stereocenters. The van der Waals surface area contributed by atoms with Gasteiger partial charge in [-0.05, 0) is 37.1 Å². The van der Waals surface area contributed by atoms with Crippen LogP contribution in [0.3, 0.4) is 0 Å². The van der Waals surface area contributed by atoms with Gasteiger partial charge in [0.05, 0.1) is 19.8 Å². The number of aliphatic imine (C=N–C) groups is 1. The number of guanidine groups is 1. The molecule has 1 aromatic rings. The fourth-order valence-corrected chi connectivity index (χ4v) is 3.93. The average molecular weight is 368 g/mol. The Morgan fingerprint density at radius 2 is 2.36 bits per heavy atom. The average Bonchev–Trinajstić information content (AvgIpc) is 3.27. The minimum Gasteiger partial charge on any atom is -0.382 e. The van der Waals surface area contributed by atoms with E-state index in [1.807, 2.05) is 11.3 Å². The first-order valence-electron chi connectivity index (χ1n) is 9.35. The summed E-state index contributed by atoms with van der Waals surface area (Å²) < 4.78 is 10.7. The molecule has 1 saturated heterocycles. The fourth-order valence-electron chi connectivity index (χ4n) is 3.06. The molecule has 5 nitrogen and oxygen atoms in total. The van der Waals surface area contributed by atoms with Crippen molar-refractivity contribution in [1.82, 2.24) is 10.2 Å². The lowest BCUT2D eigenvalue weighted by Crippen LogP contribution is -2.40. The Morgan fingerprint density at radius 3 is 3.08 bits per heavy atom. The van der Waals surface area contributed by atoms with Crippen molar-refractivity contribution >= 4 is 17.3 Å². The van der Waals surface area contributed by atoms with Crippen molar-refractivity contribution in [1.29, 1.82) is 0 Å². The van der Waals surface area contributed by atoms with Crippen LogP contribution < -0.4 is 5.32 Å². The Morgan fingerprint density at radius 1 is 1.48 bits per heavy atom. The number of rotatable bonds is 10. The molecule has 1 N–H and O–H groups in total.